The van der Waals surface area contributed by atoms with E-state index in [0.29, 0.717) is 18.1 Å². The van der Waals surface area contributed by atoms with Crippen LogP contribution < -0.4 is 14.9 Å². The van der Waals surface area contributed by atoms with Crippen molar-refractivity contribution in [2.75, 3.05) is 19.1 Å². The first-order valence-electron chi connectivity index (χ1n) is 7.00. The summed E-state index contributed by atoms with van der Waals surface area (Å²) in [7, 11) is 1.62. The zero-order chi connectivity index (χ0) is 15.9. The first-order chi connectivity index (χ1) is 10.6. The van der Waals surface area contributed by atoms with Crippen molar-refractivity contribution in [3.63, 3.8) is 0 Å². The lowest BCUT2D eigenvalue weighted by molar-refractivity contribution is 0.309. The summed E-state index contributed by atoms with van der Waals surface area (Å²) in [5.41, 5.74) is 6.06. The Labute approximate surface area is 139 Å². The number of anilines is 1. The lowest BCUT2D eigenvalue weighted by Gasteiger charge is -2.12. The summed E-state index contributed by atoms with van der Waals surface area (Å²) < 4.78 is 11.8. The van der Waals surface area contributed by atoms with Crippen LogP contribution in [0.1, 0.15) is 18.1 Å². The fraction of sp³-hybridized carbons (Fsp3) is 0.235. The van der Waals surface area contributed by atoms with Crippen LogP contribution in [0, 0.1) is 6.92 Å². The van der Waals surface area contributed by atoms with E-state index in [1.165, 1.54) is 5.56 Å². The number of halogens is 1. The van der Waals surface area contributed by atoms with Crippen molar-refractivity contribution in [2.24, 2.45) is 5.10 Å². The normalized spacial score (nSPS) is 10.7. The van der Waals surface area contributed by atoms with E-state index in [9.17, 15) is 0 Å². The summed E-state index contributed by atoms with van der Waals surface area (Å²) in [5, 5.41) is 4.25. The molecule has 0 aliphatic rings. The molecule has 0 fully saturated rings. The molecule has 2 aromatic carbocycles. The molecule has 0 unspecified atom stereocenters. The van der Waals surface area contributed by atoms with Crippen LogP contribution >= 0.6 is 15.9 Å². The third-order valence-electron chi connectivity index (χ3n) is 2.97. The SMILES string of the molecule is CCOc1c(Br)cc(/C=N\Nc2cccc(C)c2)cc1OC. The first-order valence-corrected chi connectivity index (χ1v) is 7.79. The van der Waals surface area contributed by atoms with Crippen LogP contribution in [0.15, 0.2) is 46.0 Å². The molecule has 5 heteroatoms. The summed E-state index contributed by atoms with van der Waals surface area (Å²) >= 11 is 3.50. The number of rotatable bonds is 6. The Balaban J connectivity index is 2.15. The van der Waals surface area contributed by atoms with Crippen molar-refractivity contribution in [2.45, 2.75) is 13.8 Å². The van der Waals surface area contributed by atoms with E-state index in [1.807, 2.05) is 50.2 Å². The summed E-state index contributed by atoms with van der Waals surface area (Å²) in [5.74, 6) is 1.38. The molecule has 0 spiro atoms. The molecule has 116 valence electrons. The number of ether oxygens (including phenoxy) is 2. The average Bonchev–Trinajstić information content (AvgIpc) is 2.50. The van der Waals surface area contributed by atoms with Gasteiger partial charge in [0.05, 0.1) is 30.1 Å². The van der Waals surface area contributed by atoms with Gasteiger partial charge in [-0.25, -0.2) is 0 Å². The molecule has 0 bridgehead atoms. The lowest BCUT2D eigenvalue weighted by atomic mass is 10.2. The van der Waals surface area contributed by atoms with Gasteiger partial charge in [-0.15, -0.1) is 0 Å². The largest absolute Gasteiger partial charge is 0.493 e. The van der Waals surface area contributed by atoms with E-state index >= 15 is 0 Å². The highest BCUT2D eigenvalue weighted by Crippen LogP contribution is 2.36. The smallest absolute Gasteiger partial charge is 0.175 e. The molecule has 22 heavy (non-hydrogen) atoms. The van der Waals surface area contributed by atoms with E-state index in [1.54, 1.807) is 13.3 Å². The van der Waals surface area contributed by atoms with Gasteiger partial charge < -0.3 is 9.47 Å². The van der Waals surface area contributed by atoms with E-state index < -0.39 is 0 Å². The first kappa shape index (κ1) is 16.4. The number of hydrogen-bond acceptors (Lipinski definition) is 4. The molecule has 4 nitrogen and oxygen atoms in total. The van der Waals surface area contributed by atoms with Gasteiger partial charge in [0, 0.05) is 0 Å². The summed E-state index contributed by atoms with van der Waals surface area (Å²) in [6, 6.07) is 11.9. The number of nitrogens with one attached hydrogen (secondary N) is 1. The lowest BCUT2D eigenvalue weighted by Crippen LogP contribution is -1.98. The molecule has 0 aromatic heterocycles. The highest BCUT2D eigenvalue weighted by atomic mass is 79.9. The van der Waals surface area contributed by atoms with Gasteiger partial charge in [-0.05, 0) is 65.2 Å². The predicted molar refractivity (Wildman–Crippen MR) is 94.3 cm³/mol. The Morgan fingerprint density at radius 1 is 1.27 bits per heavy atom. The van der Waals surface area contributed by atoms with E-state index in [4.69, 9.17) is 9.47 Å². The summed E-state index contributed by atoms with van der Waals surface area (Å²) in [4.78, 5) is 0. The number of methoxy groups -OCH3 is 1. The molecule has 1 N–H and O–H groups in total. The molecular formula is C17H19BrN2O2. The van der Waals surface area contributed by atoms with Gasteiger partial charge in [-0.3, -0.25) is 5.43 Å². The summed E-state index contributed by atoms with van der Waals surface area (Å²) in [6.45, 7) is 4.56. The third kappa shape index (κ3) is 4.24. The fourth-order valence-corrected chi connectivity index (χ4v) is 2.57. The van der Waals surface area contributed by atoms with Crippen molar-refractivity contribution in [1.82, 2.24) is 0 Å². The second-order valence-corrected chi connectivity index (χ2v) is 5.56. The molecule has 0 saturated heterocycles. The quantitative estimate of drug-likeness (QED) is 0.602. The van der Waals surface area contributed by atoms with Gasteiger partial charge in [0.25, 0.3) is 0 Å². The minimum atomic E-state index is 0.581. The van der Waals surface area contributed by atoms with Crippen molar-refractivity contribution in [1.29, 1.82) is 0 Å². The highest BCUT2D eigenvalue weighted by Gasteiger charge is 2.10. The number of aryl methyl sites for hydroxylation is 1. The second-order valence-electron chi connectivity index (χ2n) is 4.71. The predicted octanol–water partition coefficient (Wildman–Crippen LogP) is 4.61. The van der Waals surface area contributed by atoms with Crippen LogP contribution in [0.4, 0.5) is 5.69 Å². The van der Waals surface area contributed by atoms with Gasteiger partial charge in [-0.2, -0.15) is 5.10 Å². The van der Waals surface area contributed by atoms with Gasteiger partial charge in [0.15, 0.2) is 11.5 Å². The maximum Gasteiger partial charge on any atom is 0.175 e. The van der Waals surface area contributed by atoms with Crippen molar-refractivity contribution in [3.05, 3.63) is 52.0 Å². The van der Waals surface area contributed by atoms with E-state index in [2.05, 4.69) is 26.5 Å². The Hall–Kier alpha value is -2.01. The minimum Gasteiger partial charge on any atom is -0.493 e. The van der Waals surface area contributed by atoms with Gasteiger partial charge in [0.1, 0.15) is 0 Å². The van der Waals surface area contributed by atoms with Crippen LogP contribution in [-0.2, 0) is 0 Å². The van der Waals surface area contributed by atoms with Gasteiger partial charge in [-0.1, -0.05) is 12.1 Å². The maximum atomic E-state index is 5.57. The molecule has 2 aromatic rings. The molecule has 0 atom stereocenters. The zero-order valence-electron chi connectivity index (χ0n) is 12.9. The Bertz CT molecular complexity index is 672. The Kier molecular flexibility index (Phi) is 5.83. The van der Waals surface area contributed by atoms with Crippen LogP contribution in [0.25, 0.3) is 0 Å². The van der Waals surface area contributed by atoms with E-state index in [0.717, 1.165) is 15.7 Å². The zero-order valence-corrected chi connectivity index (χ0v) is 14.5. The topological polar surface area (TPSA) is 42.8 Å². The molecule has 0 aliphatic carbocycles. The average molecular weight is 363 g/mol. The van der Waals surface area contributed by atoms with Crippen LogP contribution in [0.2, 0.25) is 0 Å². The molecule has 0 heterocycles. The Morgan fingerprint density at radius 3 is 2.77 bits per heavy atom. The van der Waals surface area contributed by atoms with Crippen LogP contribution in [-0.4, -0.2) is 19.9 Å². The summed E-state index contributed by atoms with van der Waals surface area (Å²) in [6.07, 6.45) is 1.74. The molecule has 0 saturated carbocycles. The highest BCUT2D eigenvalue weighted by molar-refractivity contribution is 9.10. The number of nitrogens with zero attached hydrogens (tertiary/aromatic N) is 1. The van der Waals surface area contributed by atoms with Gasteiger partial charge in [0.2, 0.25) is 0 Å². The van der Waals surface area contributed by atoms with E-state index in [-0.39, 0.29) is 0 Å². The van der Waals surface area contributed by atoms with Gasteiger partial charge >= 0.3 is 0 Å². The molecule has 2 rings (SSSR count). The van der Waals surface area contributed by atoms with Crippen molar-refractivity contribution < 1.29 is 9.47 Å². The molecule has 0 amide bonds. The molecule has 0 aliphatic heterocycles. The maximum absolute atomic E-state index is 5.57. The van der Waals surface area contributed by atoms with Crippen LogP contribution in [0.3, 0.4) is 0 Å². The number of hydrazone groups is 1. The monoisotopic (exact) mass is 362 g/mol. The minimum absolute atomic E-state index is 0.581. The standard InChI is InChI=1S/C17H19BrN2O2/c1-4-22-17-15(18)9-13(10-16(17)21-3)11-19-20-14-7-5-6-12(2)8-14/h5-11,20H,4H2,1-3H3/b19-11-. The van der Waals surface area contributed by atoms with Crippen LogP contribution in [0.5, 0.6) is 11.5 Å². The molecule has 0 radical (unpaired) electrons. The van der Waals surface area contributed by atoms with Crippen molar-refractivity contribution in [3.8, 4) is 11.5 Å². The van der Waals surface area contributed by atoms with Crippen molar-refractivity contribution >= 4 is 27.8 Å². The number of benzene rings is 2. The fourth-order valence-electron chi connectivity index (χ4n) is 1.99. The Morgan fingerprint density at radius 2 is 2.09 bits per heavy atom. The second kappa shape index (κ2) is 7.84. The molecular weight excluding hydrogens is 344 g/mol. The third-order valence-corrected chi connectivity index (χ3v) is 3.55. The number of hydrogen-bond donors (Lipinski definition) is 1.